The highest BCUT2D eigenvalue weighted by atomic mass is 32.1. The summed E-state index contributed by atoms with van der Waals surface area (Å²) in [5.41, 5.74) is 1.37. The quantitative estimate of drug-likeness (QED) is 0.659. The molecule has 2 rings (SSSR count). The summed E-state index contributed by atoms with van der Waals surface area (Å²) in [6.45, 7) is 3.84. The van der Waals surface area contributed by atoms with Gasteiger partial charge in [0.25, 0.3) is 0 Å². The molecule has 0 bridgehead atoms. The molecule has 0 saturated heterocycles. The molecule has 1 heteroatoms. The highest BCUT2D eigenvalue weighted by Crippen LogP contribution is 2.31. The van der Waals surface area contributed by atoms with Gasteiger partial charge >= 0.3 is 0 Å². The first-order chi connectivity index (χ1) is 7.42. The van der Waals surface area contributed by atoms with E-state index in [1.54, 1.807) is 0 Å². The van der Waals surface area contributed by atoms with Gasteiger partial charge in [0.1, 0.15) is 0 Å². The van der Waals surface area contributed by atoms with Crippen molar-refractivity contribution in [3.05, 3.63) is 70.9 Å². The van der Waals surface area contributed by atoms with Crippen LogP contribution in [0.2, 0.25) is 0 Å². The van der Waals surface area contributed by atoms with Crippen molar-refractivity contribution in [1.29, 1.82) is 0 Å². The lowest BCUT2D eigenvalue weighted by Crippen LogP contribution is -1.96. The summed E-state index contributed by atoms with van der Waals surface area (Å²) >= 11 is 1.82. The third kappa shape index (κ3) is 2.37. The lowest BCUT2D eigenvalue weighted by atomic mass is 9.94. The lowest BCUT2D eigenvalue weighted by molar-refractivity contribution is 0.849. The Kier molecular flexibility index (Phi) is 3.36. The first kappa shape index (κ1) is 10.2. The molecule has 1 unspecified atom stereocenters. The van der Waals surface area contributed by atoms with Crippen LogP contribution in [0.1, 0.15) is 22.8 Å². The maximum Gasteiger partial charge on any atom is 0.0218 e. The lowest BCUT2D eigenvalue weighted by Gasteiger charge is -2.13. The minimum atomic E-state index is 0.476. The van der Waals surface area contributed by atoms with Crippen LogP contribution in [0.25, 0.3) is 0 Å². The van der Waals surface area contributed by atoms with Crippen LogP contribution in [0.15, 0.2) is 60.5 Å². The van der Waals surface area contributed by atoms with E-state index < -0.39 is 0 Å². The van der Waals surface area contributed by atoms with Crippen molar-refractivity contribution in [3.63, 3.8) is 0 Å². The summed E-state index contributed by atoms with van der Waals surface area (Å²) in [4.78, 5) is 1.42. The van der Waals surface area contributed by atoms with Gasteiger partial charge in [-0.2, -0.15) is 0 Å². The van der Waals surface area contributed by atoms with Crippen molar-refractivity contribution >= 4 is 11.3 Å². The van der Waals surface area contributed by atoms with Gasteiger partial charge in [-0.05, 0) is 23.4 Å². The topological polar surface area (TPSA) is 0 Å². The predicted molar refractivity (Wildman–Crippen MR) is 67.4 cm³/mol. The number of benzene rings is 1. The second-order valence-electron chi connectivity index (χ2n) is 3.50. The van der Waals surface area contributed by atoms with E-state index in [1.165, 1.54) is 10.4 Å². The van der Waals surface area contributed by atoms with E-state index in [-0.39, 0.29) is 0 Å². The van der Waals surface area contributed by atoms with Gasteiger partial charge in [0.2, 0.25) is 0 Å². The first-order valence-corrected chi connectivity index (χ1v) is 5.99. The second-order valence-corrected chi connectivity index (χ2v) is 4.48. The number of rotatable bonds is 4. The van der Waals surface area contributed by atoms with E-state index in [2.05, 4.69) is 54.4 Å². The Morgan fingerprint density at radius 3 is 2.53 bits per heavy atom. The van der Waals surface area contributed by atoms with E-state index in [4.69, 9.17) is 0 Å². The number of allylic oxidation sites excluding steroid dienone is 1. The van der Waals surface area contributed by atoms with E-state index in [1.807, 2.05) is 17.4 Å². The highest BCUT2D eigenvalue weighted by Gasteiger charge is 2.12. The fourth-order valence-corrected chi connectivity index (χ4v) is 2.63. The minimum absolute atomic E-state index is 0.476. The molecule has 0 fully saturated rings. The van der Waals surface area contributed by atoms with E-state index in [0.29, 0.717) is 5.92 Å². The monoisotopic (exact) mass is 214 g/mol. The normalized spacial score (nSPS) is 12.3. The summed E-state index contributed by atoms with van der Waals surface area (Å²) in [5.74, 6) is 0.476. The summed E-state index contributed by atoms with van der Waals surface area (Å²) in [6.07, 6.45) is 3.00. The molecule has 2 aromatic rings. The Morgan fingerprint density at radius 2 is 1.93 bits per heavy atom. The van der Waals surface area contributed by atoms with Gasteiger partial charge in [0.05, 0.1) is 0 Å². The molecule has 1 atom stereocenters. The van der Waals surface area contributed by atoms with Crippen molar-refractivity contribution in [2.75, 3.05) is 0 Å². The van der Waals surface area contributed by atoms with Gasteiger partial charge in [-0.15, -0.1) is 17.9 Å². The van der Waals surface area contributed by atoms with Gasteiger partial charge in [0.15, 0.2) is 0 Å². The van der Waals surface area contributed by atoms with Crippen LogP contribution in [0.5, 0.6) is 0 Å². The van der Waals surface area contributed by atoms with Gasteiger partial charge in [0, 0.05) is 10.8 Å². The third-order valence-electron chi connectivity index (χ3n) is 2.49. The maximum atomic E-state index is 3.84. The molecule has 0 aliphatic carbocycles. The third-order valence-corrected chi connectivity index (χ3v) is 3.48. The van der Waals surface area contributed by atoms with Crippen LogP contribution in [-0.2, 0) is 0 Å². The largest absolute Gasteiger partial charge is 0.148 e. The van der Waals surface area contributed by atoms with Gasteiger partial charge in [-0.1, -0.05) is 42.5 Å². The van der Waals surface area contributed by atoms with E-state index in [9.17, 15) is 0 Å². The fourth-order valence-electron chi connectivity index (χ4n) is 1.76. The van der Waals surface area contributed by atoms with Crippen molar-refractivity contribution in [2.24, 2.45) is 0 Å². The summed E-state index contributed by atoms with van der Waals surface area (Å²) in [6, 6.07) is 14.9. The second kappa shape index (κ2) is 4.94. The molecule has 76 valence electrons. The van der Waals surface area contributed by atoms with Crippen LogP contribution >= 0.6 is 11.3 Å². The average Bonchev–Trinajstić information content (AvgIpc) is 2.80. The van der Waals surface area contributed by atoms with Crippen LogP contribution in [0.4, 0.5) is 0 Å². The van der Waals surface area contributed by atoms with Crippen LogP contribution in [-0.4, -0.2) is 0 Å². The van der Waals surface area contributed by atoms with E-state index in [0.717, 1.165) is 6.42 Å². The molecule has 0 spiro atoms. The molecule has 0 N–H and O–H groups in total. The van der Waals surface area contributed by atoms with Crippen molar-refractivity contribution in [3.8, 4) is 0 Å². The number of hydrogen-bond donors (Lipinski definition) is 0. The predicted octanol–water partition coefficient (Wildman–Crippen LogP) is 4.46. The minimum Gasteiger partial charge on any atom is -0.148 e. The Hall–Kier alpha value is -1.34. The van der Waals surface area contributed by atoms with Crippen LogP contribution in [0, 0.1) is 0 Å². The molecule has 0 aliphatic rings. The fraction of sp³-hybridized carbons (Fsp3) is 0.143. The van der Waals surface area contributed by atoms with Crippen molar-refractivity contribution < 1.29 is 0 Å². The van der Waals surface area contributed by atoms with Crippen molar-refractivity contribution in [1.82, 2.24) is 0 Å². The smallest absolute Gasteiger partial charge is 0.0218 e. The highest BCUT2D eigenvalue weighted by molar-refractivity contribution is 7.10. The molecule has 0 saturated carbocycles. The Morgan fingerprint density at radius 1 is 1.13 bits per heavy atom. The zero-order valence-corrected chi connectivity index (χ0v) is 9.41. The average molecular weight is 214 g/mol. The zero-order valence-electron chi connectivity index (χ0n) is 8.60. The SMILES string of the molecule is C=CCC(c1ccccc1)c1cccs1. The van der Waals surface area contributed by atoms with Gasteiger partial charge in [-0.25, -0.2) is 0 Å². The first-order valence-electron chi connectivity index (χ1n) is 5.11. The maximum absolute atomic E-state index is 3.84. The summed E-state index contributed by atoms with van der Waals surface area (Å²) in [5, 5.41) is 2.13. The van der Waals surface area contributed by atoms with Crippen LogP contribution < -0.4 is 0 Å². The molecule has 0 nitrogen and oxygen atoms in total. The van der Waals surface area contributed by atoms with Gasteiger partial charge < -0.3 is 0 Å². The molecule has 0 radical (unpaired) electrons. The number of thiophene rings is 1. The molecule has 1 aromatic carbocycles. The summed E-state index contributed by atoms with van der Waals surface area (Å²) < 4.78 is 0. The molecule has 1 heterocycles. The zero-order chi connectivity index (χ0) is 10.5. The molecule has 0 aliphatic heterocycles. The molecular formula is C14H14S. The Bertz CT molecular complexity index is 400. The van der Waals surface area contributed by atoms with Crippen LogP contribution in [0.3, 0.4) is 0 Å². The summed E-state index contributed by atoms with van der Waals surface area (Å²) in [7, 11) is 0. The standard InChI is InChI=1S/C14H14S/c1-2-7-13(14-10-6-11-15-14)12-8-4-3-5-9-12/h2-6,8-11,13H,1,7H2. The Balaban J connectivity index is 2.32. The van der Waals surface area contributed by atoms with Crippen molar-refractivity contribution in [2.45, 2.75) is 12.3 Å². The molecular weight excluding hydrogens is 200 g/mol. The van der Waals surface area contributed by atoms with Gasteiger partial charge in [-0.3, -0.25) is 0 Å². The molecule has 15 heavy (non-hydrogen) atoms. The molecule has 1 aromatic heterocycles. The molecule has 0 amide bonds. The number of hydrogen-bond acceptors (Lipinski definition) is 1. The van der Waals surface area contributed by atoms with E-state index >= 15 is 0 Å². The Labute approximate surface area is 94.9 Å².